The third-order valence-electron chi connectivity index (χ3n) is 3.80. The summed E-state index contributed by atoms with van der Waals surface area (Å²) in [5.74, 6) is 1.15. The lowest BCUT2D eigenvalue weighted by molar-refractivity contribution is 0.273. The first-order valence-corrected chi connectivity index (χ1v) is 8.10. The molecule has 2 heterocycles. The molecule has 0 fully saturated rings. The first-order valence-electron chi connectivity index (χ1n) is 8.10. The summed E-state index contributed by atoms with van der Waals surface area (Å²) in [7, 11) is 0. The normalized spacial score (nSPS) is 11.9. The maximum atomic E-state index is 11.6. The Balaban J connectivity index is 1.72. The molecule has 0 aliphatic heterocycles. The van der Waals surface area contributed by atoms with E-state index >= 15 is 0 Å². The van der Waals surface area contributed by atoms with Crippen LogP contribution in [0.3, 0.4) is 0 Å². The van der Waals surface area contributed by atoms with Crippen LogP contribution in [-0.2, 0) is 6.42 Å². The van der Waals surface area contributed by atoms with E-state index in [-0.39, 0.29) is 18.2 Å². The second kappa shape index (κ2) is 7.72. The lowest BCUT2D eigenvalue weighted by atomic mass is 10.1. The van der Waals surface area contributed by atoms with Crippen molar-refractivity contribution < 1.29 is 5.11 Å². The summed E-state index contributed by atoms with van der Waals surface area (Å²) in [4.78, 5) is 22.9. The van der Waals surface area contributed by atoms with Gasteiger partial charge in [0.05, 0.1) is 12.6 Å². The highest BCUT2D eigenvalue weighted by molar-refractivity contribution is 5.56. The molecule has 0 aliphatic rings. The van der Waals surface area contributed by atoms with Crippen LogP contribution in [0.2, 0.25) is 0 Å². The molecule has 128 valence electrons. The summed E-state index contributed by atoms with van der Waals surface area (Å²) < 4.78 is 0. The smallest absolute Gasteiger partial charge is 0.251 e. The molecule has 25 heavy (non-hydrogen) atoms. The molecule has 0 saturated carbocycles. The maximum Gasteiger partial charge on any atom is 0.251 e. The first-order chi connectivity index (χ1) is 12.1. The SMILES string of the molecule is Cc1cc(=O)[nH]c(-c2ccc(NC(CO)Cc3ccccc3)nc2)n1. The van der Waals surface area contributed by atoms with E-state index in [0.717, 1.165) is 11.1 Å². The van der Waals surface area contributed by atoms with Crippen molar-refractivity contribution in [1.82, 2.24) is 15.0 Å². The number of hydrogen-bond donors (Lipinski definition) is 3. The van der Waals surface area contributed by atoms with Gasteiger partial charge in [0.25, 0.3) is 5.56 Å². The molecule has 0 saturated heterocycles. The number of rotatable bonds is 6. The van der Waals surface area contributed by atoms with Crippen molar-refractivity contribution in [2.24, 2.45) is 0 Å². The van der Waals surface area contributed by atoms with Crippen molar-refractivity contribution in [3.05, 3.63) is 76.3 Å². The van der Waals surface area contributed by atoms with E-state index in [0.29, 0.717) is 23.8 Å². The number of aliphatic hydroxyl groups is 1. The largest absolute Gasteiger partial charge is 0.394 e. The molecular formula is C19H20N4O2. The van der Waals surface area contributed by atoms with Crippen molar-refractivity contribution in [2.45, 2.75) is 19.4 Å². The first kappa shape index (κ1) is 16.9. The lowest BCUT2D eigenvalue weighted by Gasteiger charge is -2.17. The van der Waals surface area contributed by atoms with Crippen LogP contribution in [0.25, 0.3) is 11.4 Å². The van der Waals surface area contributed by atoms with Crippen LogP contribution in [0.5, 0.6) is 0 Å². The van der Waals surface area contributed by atoms with Crippen molar-refractivity contribution >= 4 is 5.82 Å². The highest BCUT2D eigenvalue weighted by Crippen LogP contribution is 2.16. The molecule has 3 rings (SSSR count). The summed E-state index contributed by atoms with van der Waals surface area (Å²) in [5, 5.41) is 12.8. The zero-order valence-corrected chi connectivity index (χ0v) is 13.9. The molecule has 0 aliphatic carbocycles. The van der Waals surface area contributed by atoms with Gasteiger partial charge in [-0.15, -0.1) is 0 Å². The van der Waals surface area contributed by atoms with Gasteiger partial charge in [-0.1, -0.05) is 30.3 Å². The third-order valence-corrected chi connectivity index (χ3v) is 3.80. The van der Waals surface area contributed by atoms with Crippen LogP contribution in [0.1, 0.15) is 11.3 Å². The quantitative estimate of drug-likeness (QED) is 0.642. The monoisotopic (exact) mass is 336 g/mol. The number of aromatic amines is 1. The number of aliphatic hydroxyl groups excluding tert-OH is 1. The van der Waals surface area contributed by atoms with Crippen LogP contribution in [0.15, 0.2) is 59.5 Å². The number of aromatic nitrogens is 3. The van der Waals surface area contributed by atoms with E-state index in [9.17, 15) is 9.90 Å². The van der Waals surface area contributed by atoms with Gasteiger partial charge in [-0.2, -0.15) is 0 Å². The van der Waals surface area contributed by atoms with Crippen LogP contribution in [0, 0.1) is 6.92 Å². The Labute approximate surface area is 145 Å². The van der Waals surface area contributed by atoms with E-state index in [4.69, 9.17) is 0 Å². The van der Waals surface area contributed by atoms with Gasteiger partial charge in [0, 0.05) is 23.5 Å². The summed E-state index contributed by atoms with van der Waals surface area (Å²) in [6.07, 6.45) is 2.35. The summed E-state index contributed by atoms with van der Waals surface area (Å²) in [5.41, 5.74) is 2.35. The predicted molar refractivity (Wildman–Crippen MR) is 97.5 cm³/mol. The van der Waals surface area contributed by atoms with E-state index in [1.807, 2.05) is 42.5 Å². The van der Waals surface area contributed by atoms with Gasteiger partial charge in [0.15, 0.2) is 0 Å². The highest BCUT2D eigenvalue weighted by Gasteiger charge is 2.10. The fourth-order valence-electron chi connectivity index (χ4n) is 2.60. The molecule has 1 aromatic carbocycles. The Bertz CT molecular complexity index is 876. The van der Waals surface area contributed by atoms with Crippen molar-refractivity contribution in [3.8, 4) is 11.4 Å². The Hall–Kier alpha value is -2.99. The molecule has 2 aromatic heterocycles. The fourth-order valence-corrected chi connectivity index (χ4v) is 2.60. The van der Waals surface area contributed by atoms with Crippen molar-refractivity contribution in [2.75, 3.05) is 11.9 Å². The van der Waals surface area contributed by atoms with Gasteiger partial charge in [-0.3, -0.25) is 4.79 Å². The molecule has 3 aromatic rings. The van der Waals surface area contributed by atoms with E-state index in [1.54, 1.807) is 13.1 Å². The van der Waals surface area contributed by atoms with Gasteiger partial charge < -0.3 is 15.4 Å². The van der Waals surface area contributed by atoms with E-state index < -0.39 is 0 Å². The molecule has 0 bridgehead atoms. The number of H-pyrrole nitrogens is 1. The second-order valence-electron chi connectivity index (χ2n) is 5.88. The average molecular weight is 336 g/mol. The Morgan fingerprint density at radius 1 is 1.20 bits per heavy atom. The Morgan fingerprint density at radius 3 is 2.64 bits per heavy atom. The Kier molecular flexibility index (Phi) is 5.20. The summed E-state index contributed by atoms with van der Waals surface area (Å²) in [6.45, 7) is 1.78. The number of hydrogen-bond acceptors (Lipinski definition) is 5. The minimum atomic E-state index is -0.187. The number of benzene rings is 1. The number of pyridine rings is 1. The minimum Gasteiger partial charge on any atom is -0.394 e. The Morgan fingerprint density at radius 2 is 2.00 bits per heavy atom. The van der Waals surface area contributed by atoms with Crippen LogP contribution >= 0.6 is 0 Å². The van der Waals surface area contributed by atoms with Crippen molar-refractivity contribution in [1.29, 1.82) is 0 Å². The highest BCUT2D eigenvalue weighted by atomic mass is 16.3. The number of nitrogens with zero attached hydrogens (tertiary/aromatic N) is 2. The number of aryl methyl sites for hydroxylation is 1. The van der Waals surface area contributed by atoms with Crippen molar-refractivity contribution in [3.63, 3.8) is 0 Å². The fraction of sp³-hybridized carbons (Fsp3) is 0.211. The molecule has 0 radical (unpaired) electrons. The maximum absolute atomic E-state index is 11.6. The summed E-state index contributed by atoms with van der Waals surface area (Å²) >= 11 is 0. The van der Waals surface area contributed by atoms with Crippen LogP contribution < -0.4 is 10.9 Å². The van der Waals surface area contributed by atoms with Crippen LogP contribution in [0.4, 0.5) is 5.82 Å². The molecule has 0 amide bonds. The molecule has 6 nitrogen and oxygen atoms in total. The van der Waals surface area contributed by atoms with Gasteiger partial charge in [-0.25, -0.2) is 9.97 Å². The van der Waals surface area contributed by atoms with Gasteiger partial charge in [-0.05, 0) is 31.0 Å². The third kappa shape index (κ3) is 4.51. The van der Waals surface area contributed by atoms with E-state index in [2.05, 4.69) is 20.3 Å². The average Bonchev–Trinajstić information content (AvgIpc) is 2.62. The molecule has 6 heteroatoms. The molecule has 1 atom stereocenters. The van der Waals surface area contributed by atoms with Gasteiger partial charge in [0.1, 0.15) is 11.6 Å². The second-order valence-corrected chi connectivity index (χ2v) is 5.88. The minimum absolute atomic E-state index is 0.00504. The topological polar surface area (TPSA) is 90.9 Å². The predicted octanol–water partition coefficient (Wildman–Crippen LogP) is 2.16. The lowest BCUT2D eigenvalue weighted by Crippen LogP contribution is -2.26. The van der Waals surface area contributed by atoms with Gasteiger partial charge >= 0.3 is 0 Å². The zero-order chi connectivity index (χ0) is 17.6. The molecule has 0 spiro atoms. The number of nitrogens with one attached hydrogen (secondary N) is 2. The van der Waals surface area contributed by atoms with E-state index in [1.165, 1.54) is 6.07 Å². The molecule has 3 N–H and O–H groups in total. The standard InChI is InChI=1S/C19H20N4O2/c1-13-9-18(25)23-19(21-13)15-7-8-17(20-11-15)22-16(12-24)10-14-5-3-2-4-6-14/h2-9,11,16,24H,10,12H2,1H3,(H,20,22)(H,21,23,25). The molecular weight excluding hydrogens is 316 g/mol. The summed E-state index contributed by atoms with van der Waals surface area (Å²) in [6, 6.07) is 14.9. The van der Waals surface area contributed by atoms with Gasteiger partial charge in [0.2, 0.25) is 0 Å². The van der Waals surface area contributed by atoms with Crippen LogP contribution in [-0.4, -0.2) is 32.7 Å². The zero-order valence-electron chi connectivity index (χ0n) is 13.9. The molecule has 1 unspecified atom stereocenters. The number of anilines is 1.